The van der Waals surface area contributed by atoms with Crippen LogP contribution >= 0.6 is 0 Å². The van der Waals surface area contributed by atoms with Crippen molar-refractivity contribution >= 4 is 5.71 Å². The van der Waals surface area contributed by atoms with Gasteiger partial charge in [0.15, 0.2) is 6.29 Å². The second-order valence-electron chi connectivity index (χ2n) is 7.25. The fourth-order valence-corrected chi connectivity index (χ4v) is 3.70. The van der Waals surface area contributed by atoms with Crippen LogP contribution in [0.2, 0.25) is 0 Å². The van der Waals surface area contributed by atoms with Crippen LogP contribution in [0.4, 0.5) is 0 Å². The van der Waals surface area contributed by atoms with E-state index in [1.165, 1.54) is 7.11 Å². The number of rotatable bonds is 5. The number of hydrogen-bond donors (Lipinski definition) is 7. The third-order valence-electron chi connectivity index (χ3n) is 5.37. The Balaban J connectivity index is 1.60. The summed E-state index contributed by atoms with van der Waals surface area (Å²) in [5.74, 6) is 0. The smallest absolute Gasteiger partial charge is 0.186 e. The molecule has 0 aliphatic carbocycles. The number of aliphatic hydroxyl groups excluding tert-OH is 7. The Labute approximate surface area is 160 Å². The number of ether oxygens (including phenoxy) is 3. The summed E-state index contributed by atoms with van der Waals surface area (Å²) in [5, 5.41) is 72.9. The highest BCUT2D eigenvalue weighted by atomic mass is 16.7. The van der Waals surface area contributed by atoms with Crippen molar-refractivity contribution < 1.29 is 54.8 Å². The van der Waals surface area contributed by atoms with Gasteiger partial charge in [-0.1, -0.05) is 5.16 Å². The Morgan fingerprint density at radius 1 is 0.893 bits per heavy atom. The summed E-state index contributed by atoms with van der Waals surface area (Å²) in [7, 11) is 1.28. The third-order valence-corrected chi connectivity index (χ3v) is 5.37. The number of methoxy groups -OCH3 is 1. The molecule has 0 aromatic heterocycles. The average molecular weight is 409 g/mol. The summed E-state index contributed by atoms with van der Waals surface area (Å²) in [4.78, 5) is 5.29. The number of nitrogens with zero attached hydrogens (tertiary/aromatic N) is 1. The lowest BCUT2D eigenvalue weighted by Gasteiger charge is -2.40. The van der Waals surface area contributed by atoms with Gasteiger partial charge in [0.2, 0.25) is 0 Å². The van der Waals surface area contributed by atoms with Crippen LogP contribution in [-0.4, -0.2) is 123 Å². The summed E-state index contributed by atoms with van der Waals surface area (Å²) in [6.45, 7) is -0.532. The minimum absolute atomic E-state index is 0.0795. The highest BCUT2D eigenvalue weighted by Gasteiger charge is 2.49. The van der Waals surface area contributed by atoms with Gasteiger partial charge in [0.25, 0.3) is 0 Å². The molecule has 2 fully saturated rings. The molecule has 3 aliphatic heterocycles. The maximum atomic E-state index is 10.2. The van der Waals surface area contributed by atoms with E-state index < -0.39 is 73.9 Å². The minimum atomic E-state index is -1.50. The van der Waals surface area contributed by atoms with Gasteiger partial charge in [-0.05, 0) is 0 Å². The lowest BCUT2D eigenvalue weighted by Crippen LogP contribution is -2.60. The van der Waals surface area contributed by atoms with E-state index in [9.17, 15) is 35.7 Å². The second kappa shape index (κ2) is 8.83. The minimum Gasteiger partial charge on any atom is -0.394 e. The van der Waals surface area contributed by atoms with Crippen LogP contribution in [0.15, 0.2) is 5.16 Å². The Kier molecular flexibility index (Phi) is 6.87. The highest BCUT2D eigenvalue weighted by molar-refractivity contribution is 5.90. The first kappa shape index (κ1) is 21.8. The van der Waals surface area contributed by atoms with Gasteiger partial charge in [0.1, 0.15) is 54.9 Å². The molecule has 3 rings (SSSR count). The monoisotopic (exact) mass is 409 g/mol. The SMILES string of the molecule is CO[C@H]1O[C@H](C2=NO[C@H](C[C@H]3O[C@H](CO)[C@@H](O)[C@H](O)[C@@H]3O)C2)[C@@H](O)[C@H](O)[C@H]1O. The zero-order valence-electron chi connectivity index (χ0n) is 15.2. The van der Waals surface area contributed by atoms with E-state index in [1.54, 1.807) is 0 Å². The Morgan fingerprint density at radius 2 is 1.54 bits per heavy atom. The standard InChI is InChI=1S/C16H27NO11/c1-25-16-14(24)12(22)13(23)15(27-16)6-2-5(28-17-6)3-7-9(19)11(21)10(20)8(4-18)26-7/h5,7-16,18-24H,2-4H2,1H3/t5-,7+,8+,9+,10+,11+,12-,13-,14+,15+,16-/m0/s1. The average Bonchev–Trinajstić information content (AvgIpc) is 3.15. The van der Waals surface area contributed by atoms with E-state index >= 15 is 0 Å². The summed E-state index contributed by atoms with van der Waals surface area (Å²) < 4.78 is 15.9. The molecule has 0 unspecified atom stereocenters. The second-order valence-corrected chi connectivity index (χ2v) is 7.25. The molecular formula is C16H27NO11. The molecular weight excluding hydrogens is 382 g/mol. The molecule has 12 nitrogen and oxygen atoms in total. The maximum Gasteiger partial charge on any atom is 0.186 e. The summed E-state index contributed by atoms with van der Waals surface area (Å²) in [6, 6.07) is 0. The third kappa shape index (κ3) is 4.03. The van der Waals surface area contributed by atoms with Gasteiger partial charge in [0, 0.05) is 20.0 Å². The largest absolute Gasteiger partial charge is 0.394 e. The maximum absolute atomic E-state index is 10.2. The van der Waals surface area contributed by atoms with Crippen LogP contribution in [-0.2, 0) is 19.0 Å². The van der Waals surface area contributed by atoms with Gasteiger partial charge in [-0.2, -0.15) is 0 Å². The van der Waals surface area contributed by atoms with Crippen LogP contribution in [0.5, 0.6) is 0 Å². The lowest BCUT2D eigenvalue weighted by molar-refractivity contribution is -0.275. The molecule has 3 aliphatic rings. The Morgan fingerprint density at radius 3 is 2.18 bits per heavy atom. The predicted molar refractivity (Wildman–Crippen MR) is 89.0 cm³/mol. The summed E-state index contributed by atoms with van der Waals surface area (Å²) in [5.41, 5.74) is 0.273. The molecule has 28 heavy (non-hydrogen) atoms. The quantitative estimate of drug-likeness (QED) is 0.233. The van der Waals surface area contributed by atoms with E-state index in [0.717, 1.165) is 0 Å². The first-order valence-corrected chi connectivity index (χ1v) is 9.04. The van der Waals surface area contributed by atoms with Crippen LogP contribution in [0.25, 0.3) is 0 Å². The van der Waals surface area contributed by atoms with Crippen molar-refractivity contribution in [1.29, 1.82) is 0 Å². The normalized spacial score (nSPS) is 49.6. The van der Waals surface area contributed by atoms with Crippen molar-refractivity contribution in [2.45, 2.75) is 80.2 Å². The van der Waals surface area contributed by atoms with Gasteiger partial charge in [-0.15, -0.1) is 0 Å². The Hall–Kier alpha value is -0.930. The molecule has 2 saturated heterocycles. The predicted octanol–water partition coefficient (Wildman–Crippen LogP) is -4.18. The molecule has 0 aromatic rings. The van der Waals surface area contributed by atoms with Crippen LogP contribution in [0, 0.1) is 0 Å². The van der Waals surface area contributed by atoms with Gasteiger partial charge in [-0.3, -0.25) is 0 Å². The van der Waals surface area contributed by atoms with Crippen molar-refractivity contribution in [3.8, 4) is 0 Å². The first-order chi connectivity index (χ1) is 13.3. The molecule has 12 heteroatoms. The number of oxime groups is 1. The molecule has 162 valence electrons. The molecule has 11 atom stereocenters. The summed E-state index contributed by atoms with van der Waals surface area (Å²) in [6.07, 6.45) is -13.2. The Bertz CT molecular complexity index is 559. The van der Waals surface area contributed by atoms with Gasteiger partial charge in [-0.25, -0.2) is 0 Å². The van der Waals surface area contributed by atoms with Crippen molar-refractivity contribution in [3.05, 3.63) is 0 Å². The van der Waals surface area contributed by atoms with Crippen LogP contribution < -0.4 is 0 Å². The fourth-order valence-electron chi connectivity index (χ4n) is 3.70. The molecule has 0 saturated carbocycles. The zero-order chi connectivity index (χ0) is 20.6. The summed E-state index contributed by atoms with van der Waals surface area (Å²) >= 11 is 0. The van der Waals surface area contributed by atoms with Crippen molar-refractivity contribution in [1.82, 2.24) is 0 Å². The molecule has 0 amide bonds. The van der Waals surface area contributed by atoms with E-state index in [2.05, 4.69) is 5.16 Å². The van der Waals surface area contributed by atoms with E-state index in [-0.39, 0.29) is 18.6 Å². The van der Waals surface area contributed by atoms with Crippen LogP contribution in [0.1, 0.15) is 12.8 Å². The van der Waals surface area contributed by atoms with E-state index in [4.69, 9.17) is 19.0 Å². The van der Waals surface area contributed by atoms with Gasteiger partial charge < -0.3 is 54.8 Å². The van der Waals surface area contributed by atoms with Gasteiger partial charge in [0.05, 0.1) is 18.4 Å². The lowest BCUT2D eigenvalue weighted by atomic mass is 9.90. The molecule has 3 heterocycles. The topological polar surface area (TPSA) is 191 Å². The molecule has 0 spiro atoms. The van der Waals surface area contributed by atoms with Crippen LogP contribution in [0.3, 0.4) is 0 Å². The molecule has 0 aromatic carbocycles. The van der Waals surface area contributed by atoms with Crippen molar-refractivity contribution in [2.24, 2.45) is 5.16 Å². The highest BCUT2D eigenvalue weighted by Crippen LogP contribution is 2.30. The fraction of sp³-hybridized carbons (Fsp3) is 0.938. The van der Waals surface area contributed by atoms with Crippen molar-refractivity contribution in [2.75, 3.05) is 13.7 Å². The van der Waals surface area contributed by atoms with Gasteiger partial charge >= 0.3 is 0 Å². The first-order valence-electron chi connectivity index (χ1n) is 9.04. The van der Waals surface area contributed by atoms with E-state index in [0.29, 0.717) is 0 Å². The number of aliphatic hydroxyl groups is 7. The molecule has 0 radical (unpaired) electrons. The molecule has 7 N–H and O–H groups in total. The van der Waals surface area contributed by atoms with Crippen molar-refractivity contribution in [3.63, 3.8) is 0 Å². The molecule has 0 bridgehead atoms. The number of hydrogen-bond acceptors (Lipinski definition) is 12. The van der Waals surface area contributed by atoms with E-state index in [1.807, 2.05) is 0 Å². The zero-order valence-corrected chi connectivity index (χ0v) is 15.2.